The van der Waals surface area contributed by atoms with Crippen LogP contribution in [0, 0.1) is 0 Å². The highest BCUT2D eigenvalue weighted by atomic mass is 32.1. The van der Waals surface area contributed by atoms with Gasteiger partial charge in [-0.15, -0.1) is 11.3 Å². The van der Waals surface area contributed by atoms with Gasteiger partial charge < -0.3 is 11.1 Å². The number of rotatable bonds is 6. The van der Waals surface area contributed by atoms with Crippen LogP contribution in [0.2, 0.25) is 0 Å². The Bertz CT molecular complexity index is 526. The van der Waals surface area contributed by atoms with E-state index in [0.29, 0.717) is 12.2 Å². The van der Waals surface area contributed by atoms with Gasteiger partial charge in [0.25, 0.3) is 0 Å². The molecule has 0 fully saturated rings. The molecular formula is C13H16N4OS. The quantitative estimate of drug-likeness (QED) is 0.840. The van der Waals surface area contributed by atoms with Crippen LogP contribution in [0.25, 0.3) is 0 Å². The number of nitrogens with zero attached hydrogens (tertiary/aromatic N) is 2. The summed E-state index contributed by atoms with van der Waals surface area (Å²) in [6.07, 6.45) is 5.37. The number of nitrogens with one attached hydrogen (secondary N) is 1. The fourth-order valence-corrected chi connectivity index (χ4v) is 2.44. The van der Waals surface area contributed by atoms with Crippen molar-refractivity contribution in [2.45, 2.75) is 19.3 Å². The number of aromatic nitrogens is 2. The van der Waals surface area contributed by atoms with Crippen LogP contribution in [0.5, 0.6) is 0 Å². The Hall–Kier alpha value is -1.79. The highest BCUT2D eigenvalue weighted by Crippen LogP contribution is 2.13. The predicted molar refractivity (Wildman–Crippen MR) is 76.1 cm³/mol. The second kappa shape index (κ2) is 6.96. The molecule has 1 amide bonds. The molecule has 2 heterocycles. The van der Waals surface area contributed by atoms with Crippen LogP contribution in [-0.2, 0) is 17.6 Å². The Kier molecular flexibility index (Phi) is 5.00. The van der Waals surface area contributed by atoms with Gasteiger partial charge in [-0.25, -0.2) is 4.98 Å². The van der Waals surface area contributed by atoms with E-state index in [4.69, 9.17) is 5.73 Å². The average molecular weight is 276 g/mol. The molecule has 0 saturated carbocycles. The summed E-state index contributed by atoms with van der Waals surface area (Å²) in [4.78, 5) is 20.2. The number of amides is 1. The fourth-order valence-electron chi connectivity index (χ4n) is 1.60. The lowest BCUT2D eigenvalue weighted by molar-refractivity contribution is -0.115. The summed E-state index contributed by atoms with van der Waals surface area (Å²) in [7, 11) is 0. The van der Waals surface area contributed by atoms with Crippen molar-refractivity contribution >= 4 is 22.9 Å². The molecule has 0 bridgehead atoms. The molecule has 100 valence electrons. The Balaban J connectivity index is 1.86. The summed E-state index contributed by atoms with van der Waals surface area (Å²) < 4.78 is 0. The first-order valence-electron chi connectivity index (χ1n) is 6.11. The number of thiazole rings is 1. The van der Waals surface area contributed by atoms with E-state index in [0.717, 1.165) is 23.5 Å². The molecule has 0 unspecified atom stereocenters. The Morgan fingerprint density at radius 3 is 3.11 bits per heavy atom. The summed E-state index contributed by atoms with van der Waals surface area (Å²) in [6.45, 7) is 0.663. The van der Waals surface area contributed by atoms with Gasteiger partial charge in [-0.2, -0.15) is 0 Å². The normalized spacial score (nSPS) is 10.4. The third-order valence-corrected chi connectivity index (χ3v) is 3.44. The molecule has 3 N–H and O–H groups in total. The summed E-state index contributed by atoms with van der Waals surface area (Å²) >= 11 is 1.58. The van der Waals surface area contributed by atoms with E-state index in [-0.39, 0.29) is 12.3 Å². The zero-order valence-electron chi connectivity index (χ0n) is 10.5. The fraction of sp³-hybridized carbons (Fsp3) is 0.308. The minimum atomic E-state index is -0.0799. The lowest BCUT2D eigenvalue weighted by atomic mass is 10.3. The van der Waals surface area contributed by atoms with Gasteiger partial charge in [0.05, 0.1) is 29.0 Å². The molecule has 0 aliphatic carbocycles. The summed E-state index contributed by atoms with van der Waals surface area (Å²) in [5, 5.41) is 5.75. The number of carbonyl (C=O) groups is 1. The van der Waals surface area contributed by atoms with Gasteiger partial charge in [0.15, 0.2) is 0 Å². The highest BCUT2D eigenvalue weighted by molar-refractivity contribution is 7.09. The highest BCUT2D eigenvalue weighted by Gasteiger charge is 2.08. The molecule has 5 nitrogen and oxygen atoms in total. The first-order chi connectivity index (χ1) is 9.28. The minimum absolute atomic E-state index is 0.0799. The van der Waals surface area contributed by atoms with Crippen LogP contribution in [0.1, 0.15) is 17.1 Å². The number of aryl methyl sites for hydroxylation is 1. The van der Waals surface area contributed by atoms with Crippen molar-refractivity contribution in [3.63, 3.8) is 0 Å². The SMILES string of the molecule is NCCCc1nc(CC(=O)Nc2cccnc2)cs1. The Morgan fingerprint density at radius 2 is 2.37 bits per heavy atom. The van der Waals surface area contributed by atoms with E-state index in [1.54, 1.807) is 35.9 Å². The van der Waals surface area contributed by atoms with Crippen molar-refractivity contribution in [2.24, 2.45) is 5.73 Å². The van der Waals surface area contributed by atoms with Crippen LogP contribution in [0.3, 0.4) is 0 Å². The van der Waals surface area contributed by atoms with E-state index >= 15 is 0 Å². The molecule has 0 radical (unpaired) electrons. The van der Waals surface area contributed by atoms with Gasteiger partial charge >= 0.3 is 0 Å². The predicted octanol–water partition coefficient (Wildman–Crippen LogP) is 1.61. The third-order valence-electron chi connectivity index (χ3n) is 2.48. The van der Waals surface area contributed by atoms with Crippen molar-refractivity contribution in [2.75, 3.05) is 11.9 Å². The minimum Gasteiger partial charge on any atom is -0.330 e. The summed E-state index contributed by atoms with van der Waals surface area (Å²) in [5.74, 6) is -0.0799. The first kappa shape index (κ1) is 13.6. The molecule has 19 heavy (non-hydrogen) atoms. The van der Waals surface area contributed by atoms with Crippen molar-refractivity contribution in [1.29, 1.82) is 0 Å². The maximum atomic E-state index is 11.8. The first-order valence-corrected chi connectivity index (χ1v) is 6.99. The maximum Gasteiger partial charge on any atom is 0.230 e. The average Bonchev–Trinajstić information content (AvgIpc) is 2.85. The van der Waals surface area contributed by atoms with Gasteiger partial charge in [-0.3, -0.25) is 9.78 Å². The van der Waals surface area contributed by atoms with Crippen molar-refractivity contribution in [1.82, 2.24) is 9.97 Å². The van der Waals surface area contributed by atoms with Crippen LogP contribution in [0.15, 0.2) is 29.9 Å². The third kappa shape index (κ3) is 4.42. The zero-order chi connectivity index (χ0) is 13.5. The number of anilines is 1. The van der Waals surface area contributed by atoms with Gasteiger partial charge in [-0.1, -0.05) is 0 Å². The van der Waals surface area contributed by atoms with Crippen molar-refractivity contribution in [3.05, 3.63) is 40.6 Å². The molecular weight excluding hydrogens is 260 g/mol. The summed E-state index contributed by atoms with van der Waals surface area (Å²) in [5.41, 5.74) is 6.96. The maximum absolute atomic E-state index is 11.8. The zero-order valence-corrected chi connectivity index (χ0v) is 11.3. The Morgan fingerprint density at radius 1 is 1.47 bits per heavy atom. The molecule has 2 rings (SSSR count). The van der Waals surface area contributed by atoms with Gasteiger partial charge in [0.1, 0.15) is 0 Å². The van der Waals surface area contributed by atoms with Crippen molar-refractivity contribution < 1.29 is 4.79 Å². The van der Waals surface area contributed by atoms with Crippen LogP contribution >= 0.6 is 11.3 Å². The second-order valence-corrected chi connectivity index (χ2v) is 5.03. The molecule has 0 aliphatic heterocycles. The number of nitrogens with two attached hydrogens (primary N) is 1. The summed E-state index contributed by atoms with van der Waals surface area (Å²) in [6, 6.07) is 3.59. The second-order valence-electron chi connectivity index (χ2n) is 4.09. The molecule has 0 aliphatic rings. The van der Waals surface area contributed by atoms with Crippen LogP contribution < -0.4 is 11.1 Å². The molecule has 2 aromatic heterocycles. The number of hydrogen-bond acceptors (Lipinski definition) is 5. The number of carbonyl (C=O) groups excluding carboxylic acids is 1. The van der Waals surface area contributed by atoms with E-state index < -0.39 is 0 Å². The largest absolute Gasteiger partial charge is 0.330 e. The van der Waals surface area contributed by atoms with Crippen LogP contribution in [-0.4, -0.2) is 22.4 Å². The molecule has 0 atom stereocenters. The molecule has 2 aromatic rings. The number of pyridine rings is 1. The Labute approximate surface area is 115 Å². The van der Waals surface area contributed by atoms with Crippen LogP contribution in [0.4, 0.5) is 5.69 Å². The van der Waals surface area contributed by atoms with E-state index in [1.165, 1.54) is 0 Å². The van der Waals surface area contributed by atoms with E-state index in [9.17, 15) is 4.79 Å². The lowest BCUT2D eigenvalue weighted by Crippen LogP contribution is -2.14. The van der Waals surface area contributed by atoms with Gasteiger partial charge in [0, 0.05) is 18.0 Å². The number of hydrogen-bond donors (Lipinski definition) is 2. The topological polar surface area (TPSA) is 80.9 Å². The standard InChI is InChI=1S/C13H16N4OS/c14-5-1-4-13-17-11(9-19-13)7-12(18)16-10-3-2-6-15-8-10/h2-3,6,8-9H,1,4-5,7,14H2,(H,16,18). The van der Waals surface area contributed by atoms with Crippen molar-refractivity contribution in [3.8, 4) is 0 Å². The molecule has 0 spiro atoms. The molecule has 0 aromatic carbocycles. The van der Waals surface area contributed by atoms with E-state index in [2.05, 4.69) is 15.3 Å². The van der Waals surface area contributed by atoms with Gasteiger partial charge in [-0.05, 0) is 25.1 Å². The molecule has 6 heteroatoms. The van der Waals surface area contributed by atoms with E-state index in [1.807, 2.05) is 5.38 Å². The smallest absolute Gasteiger partial charge is 0.230 e. The molecule has 0 saturated heterocycles. The monoisotopic (exact) mass is 276 g/mol. The lowest BCUT2D eigenvalue weighted by Gasteiger charge is -2.02. The van der Waals surface area contributed by atoms with Gasteiger partial charge in [0.2, 0.25) is 5.91 Å².